The highest BCUT2D eigenvalue weighted by Gasteiger charge is 2.45. The van der Waals surface area contributed by atoms with E-state index in [0.717, 1.165) is 12.0 Å². The highest BCUT2D eigenvalue weighted by atomic mass is 16.6. The molecule has 0 aromatic rings. The Kier molecular flexibility index (Phi) is 1.12. The lowest BCUT2D eigenvalue weighted by Crippen LogP contribution is -2.12. The predicted molar refractivity (Wildman–Crippen MR) is 33.9 cm³/mol. The summed E-state index contributed by atoms with van der Waals surface area (Å²) in [6.45, 7) is 6.98. The van der Waals surface area contributed by atoms with Crippen LogP contribution < -0.4 is 0 Å². The van der Waals surface area contributed by atoms with E-state index in [4.69, 9.17) is 4.74 Å². The second kappa shape index (κ2) is 1.59. The Hall–Kier alpha value is -0.790. The molecule has 0 N–H and O–H groups in total. The second-order valence-corrected chi connectivity index (χ2v) is 2.60. The molecule has 0 radical (unpaired) electrons. The average Bonchev–Trinajstić information content (AvgIpc) is 2.10. The van der Waals surface area contributed by atoms with Crippen LogP contribution in [0.3, 0.4) is 0 Å². The smallest absolute Gasteiger partial charge is 0.303 e. The number of hydrogen-bond acceptors (Lipinski definition) is 2. The maximum atomic E-state index is 10.4. The number of esters is 1. The van der Waals surface area contributed by atoms with E-state index >= 15 is 0 Å². The maximum Gasteiger partial charge on any atom is 0.303 e. The van der Waals surface area contributed by atoms with Gasteiger partial charge in [-0.15, -0.1) is 0 Å². The van der Waals surface area contributed by atoms with E-state index in [9.17, 15) is 4.79 Å². The van der Waals surface area contributed by atoms with Crippen LogP contribution in [0.15, 0.2) is 12.2 Å². The molecule has 0 spiro atoms. The van der Waals surface area contributed by atoms with Gasteiger partial charge in [-0.05, 0) is 12.5 Å². The zero-order chi connectivity index (χ0) is 7.07. The lowest BCUT2D eigenvalue weighted by molar-refractivity contribution is -0.146. The fourth-order valence-electron chi connectivity index (χ4n) is 0.788. The first-order valence-corrected chi connectivity index (χ1v) is 2.92. The predicted octanol–water partition coefficient (Wildman–Crippen LogP) is 1.27. The Bertz CT molecular complexity index is 172. The van der Waals surface area contributed by atoms with Crippen LogP contribution in [0.1, 0.15) is 20.3 Å². The van der Waals surface area contributed by atoms with Gasteiger partial charge in [-0.25, -0.2) is 0 Å². The van der Waals surface area contributed by atoms with Gasteiger partial charge in [-0.3, -0.25) is 4.79 Å². The second-order valence-electron chi connectivity index (χ2n) is 2.60. The van der Waals surface area contributed by atoms with Gasteiger partial charge in [0.2, 0.25) is 0 Å². The number of carbonyl (C=O) groups excluding carboxylic acids is 1. The third-order valence-corrected chi connectivity index (χ3v) is 1.54. The van der Waals surface area contributed by atoms with Gasteiger partial charge < -0.3 is 4.74 Å². The fourth-order valence-corrected chi connectivity index (χ4v) is 0.788. The number of carbonyl (C=O) groups is 1. The zero-order valence-corrected chi connectivity index (χ0v) is 5.73. The van der Waals surface area contributed by atoms with Crippen molar-refractivity contribution in [3.8, 4) is 0 Å². The normalized spacial score (nSPS) is 32.0. The molecular formula is C7H10O2. The summed E-state index contributed by atoms with van der Waals surface area (Å²) in [5, 5.41) is 0. The summed E-state index contributed by atoms with van der Waals surface area (Å²) in [6.07, 6.45) is 0.826. The molecular weight excluding hydrogens is 116 g/mol. The van der Waals surface area contributed by atoms with E-state index in [2.05, 4.69) is 6.58 Å². The summed E-state index contributed by atoms with van der Waals surface area (Å²) in [6, 6.07) is 0. The van der Waals surface area contributed by atoms with Crippen LogP contribution in [-0.2, 0) is 9.53 Å². The van der Waals surface area contributed by atoms with Crippen molar-refractivity contribution in [2.24, 2.45) is 0 Å². The van der Waals surface area contributed by atoms with Gasteiger partial charge in [0, 0.05) is 13.3 Å². The number of hydrogen-bond donors (Lipinski definition) is 0. The van der Waals surface area contributed by atoms with E-state index in [1.807, 2.05) is 6.92 Å². The minimum atomic E-state index is -0.314. The lowest BCUT2D eigenvalue weighted by Gasteiger charge is -2.06. The van der Waals surface area contributed by atoms with Crippen LogP contribution in [0.25, 0.3) is 0 Å². The Morgan fingerprint density at radius 3 is 2.44 bits per heavy atom. The van der Waals surface area contributed by atoms with E-state index in [0.29, 0.717) is 0 Å². The summed E-state index contributed by atoms with van der Waals surface area (Å²) in [4.78, 5) is 10.4. The Morgan fingerprint density at radius 1 is 1.89 bits per heavy atom. The highest BCUT2D eigenvalue weighted by molar-refractivity contribution is 5.68. The summed E-state index contributed by atoms with van der Waals surface area (Å²) >= 11 is 0. The van der Waals surface area contributed by atoms with Crippen molar-refractivity contribution in [2.45, 2.75) is 25.9 Å². The minimum absolute atomic E-state index is 0.226. The van der Waals surface area contributed by atoms with Gasteiger partial charge in [0.05, 0.1) is 0 Å². The first-order chi connectivity index (χ1) is 4.04. The van der Waals surface area contributed by atoms with Crippen LogP contribution >= 0.6 is 0 Å². The number of rotatable bonds is 1. The molecule has 1 unspecified atom stereocenters. The Morgan fingerprint density at radius 2 is 2.33 bits per heavy atom. The van der Waals surface area contributed by atoms with E-state index in [-0.39, 0.29) is 11.6 Å². The molecule has 1 aliphatic rings. The van der Waals surface area contributed by atoms with Gasteiger partial charge in [0.15, 0.2) is 0 Å². The molecule has 0 saturated heterocycles. The van der Waals surface area contributed by atoms with Crippen molar-refractivity contribution >= 4 is 5.97 Å². The molecule has 0 aromatic carbocycles. The molecule has 1 rings (SSSR count). The van der Waals surface area contributed by atoms with E-state index in [1.54, 1.807) is 0 Å². The molecule has 0 aliphatic heterocycles. The monoisotopic (exact) mass is 126 g/mol. The standard InChI is InChI=1S/C7H10O2/c1-5-4-7(5,3)9-6(2)8/h1,4H2,2-3H3. The molecule has 2 nitrogen and oxygen atoms in total. The van der Waals surface area contributed by atoms with Crippen LogP contribution in [0, 0.1) is 0 Å². The Labute approximate surface area is 54.5 Å². The molecule has 1 saturated carbocycles. The van der Waals surface area contributed by atoms with Gasteiger partial charge in [0.25, 0.3) is 0 Å². The maximum absolute atomic E-state index is 10.4. The SMILES string of the molecule is C=C1CC1(C)OC(C)=O. The van der Waals surface area contributed by atoms with Crippen molar-refractivity contribution < 1.29 is 9.53 Å². The highest BCUT2D eigenvalue weighted by Crippen LogP contribution is 2.44. The summed E-state index contributed by atoms with van der Waals surface area (Å²) < 4.78 is 4.92. The Balaban J connectivity index is 2.46. The summed E-state index contributed by atoms with van der Waals surface area (Å²) in [5.41, 5.74) is 0.698. The number of ether oxygens (including phenoxy) is 1. The first-order valence-electron chi connectivity index (χ1n) is 2.92. The lowest BCUT2D eigenvalue weighted by atomic mass is 10.4. The molecule has 50 valence electrons. The van der Waals surface area contributed by atoms with Crippen molar-refractivity contribution in [3.05, 3.63) is 12.2 Å². The molecule has 0 heterocycles. The van der Waals surface area contributed by atoms with E-state index in [1.165, 1.54) is 6.92 Å². The van der Waals surface area contributed by atoms with Crippen molar-refractivity contribution in [2.75, 3.05) is 0 Å². The molecule has 0 aromatic heterocycles. The van der Waals surface area contributed by atoms with Crippen molar-refractivity contribution in [1.82, 2.24) is 0 Å². The first kappa shape index (κ1) is 6.33. The molecule has 9 heavy (non-hydrogen) atoms. The van der Waals surface area contributed by atoms with Crippen LogP contribution in [-0.4, -0.2) is 11.6 Å². The van der Waals surface area contributed by atoms with Crippen molar-refractivity contribution in [1.29, 1.82) is 0 Å². The fraction of sp³-hybridized carbons (Fsp3) is 0.571. The largest absolute Gasteiger partial charge is 0.455 e. The third-order valence-electron chi connectivity index (χ3n) is 1.54. The van der Waals surface area contributed by atoms with Crippen LogP contribution in [0.5, 0.6) is 0 Å². The average molecular weight is 126 g/mol. The molecule has 0 bridgehead atoms. The van der Waals surface area contributed by atoms with Gasteiger partial charge in [-0.1, -0.05) is 6.58 Å². The quantitative estimate of drug-likeness (QED) is 0.390. The minimum Gasteiger partial charge on any atom is -0.455 e. The summed E-state index contributed by atoms with van der Waals surface area (Å²) in [5.74, 6) is -0.226. The van der Waals surface area contributed by atoms with Gasteiger partial charge in [0.1, 0.15) is 5.60 Å². The van der Waals surface area contributed by atoms with Gasteiger partial charge >= 0.3 is 5.97 Å². The van der Waals surface area contributed by atoms with Crippen LogP contribution in [0.2, 0.25) is 0 Å². The third kappa shape index (κ3) is 1.12. The molecule has 1 atom stereocenters. The molecule has 2 heteroatoms. The van der Waals surface area contributed by atoms with Gasteiger partial charge in [-0.2, -0.15) is 0 Å². The molecule has 1 fully saturated rings. The van der Waals surface area contributed by atoms with E-state index < -0.39 is 0 Å². The van der Waals surface area contributed by atoms with Crippen molar-refractivity contribution in [3.63, 3.8) is 0 Å². The summed E-state index contributed by atoms with van der Waals surface area (Å²) in [7, 11) is 0. The van der Waals surface area contributed by atoms with Crippen LogP contribution in [0.4, 0.5) is 0 Å². The zero-order valence-electron chi connectivity index (χ0n) is 5.73. The topological polar surface area (TPSA) is 26.3 Å². The molecule has 0 amide bonds. The molecule has 1 aliphatic carbocycles.